The van der Waals surface area contributed by atoms with Gasteiger partial charge < -0.3 is 10.3 Å². The molecule has 150 valence electrons. The van der Waals surface area contributed by atoms with Gasteiger partial charge in [0.1, 0.15) is 5.82 Å². The lowest BCUT2D eigenvalue weighted by Gasteiger charge is -2.14. The molecule has 2 N–H and O–H groups in total. The fraction of sp³-hybridized carbons (Fsp3) is 0.364. The van der Waals surface area contributed by atoms with E-state index < -0.39 is 0 Å². The standard InChI is InChI=1S/C22H26N6O/c1-12(2)19-10-15(16-11-23-28(13(3)4)21(16)27-19)22(29)24-14(5)20-25-17-8-6-7-9-18(17)26-20/h6-14H,1-5H3,(H,24,29)(H,25,26)/t14-/m0/s1. The van der Waals surface area contributed by atoms with Gasteiger partial charge in [0.05, 0.1) is 34.2 Å². The molecule has 0 bridgehead atoms. The summed E-state index contributed by atoms with van der Waals surface area (Å²) in [6.07, 6.45) is 1.73. The molecular weight excluding hydrogens is 364 g/mol. The van der Waals surface area contributed by atoms with Crippen LogP contribution in [0.4, 0.5) is 0 Å². The number of amides is 1. The molecule has 0 saturated carbocycles. The molecule has 1 aromatic carbocycles. The second-order valence-electron chi connectivity index (χ2n) is 8.00. The number of pyridine rings is 1. The third-order valence-electron chi connectivity index (χ3n) is 5.08. The molecule has 4 aromatic rings. The monoisotopic (exact) mass is 390 g/mol. The summed E-state index contributed by atoms with van der Waals surface area (Å²) >= 11 is 0. The Hall–Kier alpha value is -3.22. The zero-order valence-electron chi connectivity index (χ0n) is 17.4. The number of aromatic amines is 1. The Labute approximate surface area is 169 Å². The van der Waals surface area contributed by atoms with Gasteiger partial charge in [-0.15, -0.1) is 0 Å². The molecule has 0 radical (unpaired) electrons. The molecule has 0 spiro atoms. The number of nitrogens with one attached hydrogen (secondary N) is 2. The molecule has 1 amide bonds. The number of rotatable bonds is 5. The molecule has 29 heavy (non-hydrogen) atoms. The lowest BCUT2D eigenvalue weighted by Crippen LogP contribution is -2.27. The zero-order chi connectivity index (χ0) is 20.7. The molecule has 0 unspecified atom stereocenters. The van der Waals surface area contributed by atoms with Gasteiger partial charge in [-0.25, -0.2) is 14.6 Å². The summed E-state index contributed by atoms with van der Waals surface area (Å²) in [7, 11) is 0. The number of carbonyl (C=O) groups excluding carboxylic acids is 1. The summed E-state index contributed by atoms with van der Waals surface area (Å²) in [5.41, 5.74) is 4.05. The fourth-order valence-electron chi connectivity index (χ4n) is 3.42. The average molecular weight is 390 g/mol. The summed E-state index contributed by atoms with van der Waals surface area (Å²) < 4.78 is 1.86. The second kappa shape index (κ2) is 7.31. The number of para-hydroxylation sites is 2. The highest BCUT2D eigenvalue weighted by molar-refractivity contribution is 6.05. The maximum Gasteiger partial charge on any atom is 0.252 e. The number of H-pyrrole nitrogens is 1. The van der Waals surface area contributed by atoms with Crippen LogP contribution in [0.1, 0.15) is 74.5 Å². The minimum Gasteiger partial charge on any atom is -0.342 e. The van der Waals surface area contributed by atoms with Crippen molar-refractivity contribution in [3.8, 4) is 0 Å². The third kappa shape index (κ3) is 3.48. The largest absolute Gasteiger partial charge is 0.342 e. The van der Waals surface area contributed by atoms with E-state index in [0.29, 0.717) is 5.56 Å². The van der Waals surface area contributed by atoms with Crippen molar-refractivity contribution in [2.75, 3.05) is 0 Å². The Balaban J connectivity index is 1.70. The van der Waals surface area contributed by atoms with Crippen LogP contribution in [0, 0.1) is 0 Å². The molecule has 0 saturated heterocycles. The van der Waals surface area contributed by atoms with Crippen LogP contribution in [-0.2, 0) is 0 Å². The number of hydrogen-bond donors (Lipinski definition) is 2. The topological polar surface area (TPSA) is 88.5 Å². The van der Waals surface area contributed by atoms with E-state index in [2.05, 4.69) is 48.1 Å². The van der Waals surface area contributed by atoms with Crippen LogP contribution in [0.5, 0.6) is 0 Å². The van der Waals surface area contributed by atoms with Crippen molar-refractivity contribution in [2.24, 2.45) is 0 Å². The Kier molecular flexibility index (Phi) is 4.82. The van der Waals surface area contributed by atoms with Crippen LogP contribution >= 0.6 is 0 Å². The number of aromatic nitrogens is 5. The molecule has 7 nitrogen and oxygen atoms in total. The van der Waals surface area contributed by atoms with Gasteiger partial charge in [0.25, 0.3) is 5.91 Å². The highest BCUT2D eigenvalue weighted by Gasteiger charge is 2.21. The first-order valence-corrected chi connectivity index (χ1v) is 9.98. The number of nitrogens with zero attached hydrogens (tertiary/aromatic N) is 4. The van der Waals surface area contributed by atoms with Crippen LogP contribution < -0.4 is 5.32 Å². The van der Waals surface area contributed by atoms with Crippen LogP contribution in [0.25, 0.3) is 22.1 Å². The Bertz CT molecular complexity index is 1150. The minimum atomic E-state index is -0.263. The highest BCUT2D eigenvalue weighted by atomic mass is 16.1. The molecule has 3 heterocycles. The van der Waals surface area contributed by atoms with Crippen molar-refractivity contribution >= 4 is 28.0 Å². The molecule has 3 aromatic heterocycles. The summed E-state index contributed by atoms with van der Waals surface area (Å²) in [6.45, 7) is 10.2. The van der Waals surface area contributed by atoms with Gasteiger partial charge in [-0.3, -0.25) is 4.79 Å². The van der Waals surface area contributed by atoms with Crippen LogP contribution in [0.3, 0.4) is 0 Å². The number of hydrogen-bond acceptors (Lipinski definition) is 4. The van der Waals surface area contributed by atoms with Crippen molar-refractivity contribution < 1.29 is 4.79 Å². The lowest BCUT2D eigenvalue weighted by atomic mass is 10.0. The van der Waals surface area contributed by atoms with E-state index in [1.54, 1.807) is 6.20 Å². The molecule has 0 aliphatic rings. The smallest absolute Gasteiger partial charge is 0.252 e. The highest BCUT2D eigenvalue weighted by Crippen LogP contribution is 2.25. The van der Waals surface area contributed by atoms with Crippen LogP contribution in [-0.4, -0.2) is 30.6 Å². The quantitative estimate of drug-likeness (QED) is 0.525. The van der Waals surface area contributed by atoms with E-state index in [-0.39, 0.29) is 23.9 Å². The normalized spacial score (nSPS) is 12.9. The maximum atomic E-state index is 13.2. The second-order valence-corrected chi connectivity index (χ2v) is 8.00. The molecule has 7 heteroatoms. The molecule has 4 rings (SSSR count). The van der Waals surface area contributed by atoms with Crippen LogP contribution in [0.2, 0.25) is 0 Å². The van der Waals surface area contributed by atoms with Gasteiger partial charge >= 0.3 is 0 Å². The van der Waals surface area contributed by atoms with Crippen molar-refractivity contribution in [3.63, 3.8) is 0 Å². The van der Waals surface area contributed by atoms with Gasteiger partial charge in [0.2, 0.25) is 0 Å². The predicted molar refractivity (Wildman–Crippen MR) is 114 cm³/mol. The van der Waals surface area contributed by atoms with Crippen molar-refractivity contribution in [2.45, 2.75) is 52.6 Å². The number of fused-ring (bicyclic) bond motifs is 2. The Morgan fingerprint density at radius 1 is 1.10 bits per heavy atom. The molecule has 0 fully saturated rings. The van der Waals surface area contributed by atoms with Gasteiger partial charge in [-0.2, -0.15) is 5.10 Å². The summed E-state index contributed by atoms with van der Waals surface area (Å²) in [5, 5.41) is 8.29. The summed E-state index contributed by atoms with van der Waals surface area (Å²) in [4.78, 5) is 25.8. The van der Waals surface area contributed by atoms with E-state index in [0.717, 1.165) is 33.6 Å². The third-order valence-corrected chi connectivity index (χ3v) is 5.08. The molecule has 0 aliphatic heterocycles. The lowest BCUT2D eigenvalue weighted by molar-refractivity contribution is 0.0940. The maximum absolute atomic E-state index is 13.2. The molecule has 0 aliphatic carbocycles. The minimum absolute atomic E-state index is 0.157. The van der Waals surface area contributed by atoms with Crippen molar-refractivity contribution in [1.82, 2.24) is 30.0 Å². The van der Waals surface area contributed by atoms with Crippen molar-refractivity contribution in [1.29, 1.82) is 0 Å². The fourth-order valence-corrected chi connectivity index (χ4v) is 3.42. The van der Waals surface area contributed by atoms with E-state index in [1.807, 2.05) is 41.9 Å². The molecular formula is C22H26N6O. The Morgan fingerprint density at radius 2 is 1.86 bits per heavy atom. The zero-order valence-corrected chi connectivity index (χ0v) is 17.4. The average Bonchev–Trinajstić information content (AvgIpc) is 3.31. The van der Waals surface area contributed by atoms with E-state index >= 15 is 0 Å². The van der Waals surface area contributed by atoms with Gasteiger partial charge in [-0.1, -0.05) is 26.0 Å². The molecule has 1 atom stereocenters. The van der Waals surface area contributed by atoms with Gasteiger partial charge in [0.15, 0.2) is 5.65 Å². The first-order valence-electron chi connectivity index (χ1n) is 9.98. The SMILES string of the molecule is CC(C)c1cc(C(=O)N[C@@H](C)c2nc3ccccc3[nH]2)c2cnn(C(C)C)c2n1. The van der Waals surface area contributed by atoms with Crippen molar-refractivity contribution in [3.05, 3.63) is 53.6 Å². The number of carbonyl (C=O) groups is 1. The van der Waals surface area contributed by atoms with E-state index in [4.69, 9.17) is 4.98 Å². The summed E-state index contributed by atoms with van der Waals surface area (Å²) in [6, 6.07) is 9.60. The van der Waals surface area contributed by atoms with E-state index in [1.165, 1.54) is 0 Å². The number of imidazole rings is 1. The Morgan fingerprint density at radius 3 is 2.55 bits per heavy atom. The van der Waals surface area contributed by atoms with Gasteiger partial charge in [0, 0.05) is 11.7 Å². The predicted octanol–water partition coefficient (Wildman–Crippen LogP) is 4.50. The van der Waals surface area contributed by atoms with E-state index in [9.17, 15) is 4.79 Å². The number of benzene rings is 1. The van der Waals surface area contributed by atoms with Crippen LogP contribution in [0.15, 0.2) is 36.5 Å². The first-order chi connectivity index (χ1) is 13.8. The first kappa shape index (κ1) is 19.1. The van der Waals surface area contributed by atoms with Gasteiger partial charge in [-0.05, 0) is 44.9 Å². The summed E-state index contributed by atoms with van der Waals surface area (Å²) in [5.74, 6) is 0.775.